The first-order valence-electron chi connectivity index (χ1n) is 4.53. The molecule has 1 saturated heterocycles. The number of piperidine rings is 1. The van der Waals surface area contributed by atoms with Crippen molar-refractivity contribution in [3.05, 3.63) is 0 Å². The van der Waals surface area contributed by atoms with E-state index in [2.05, 4.69) is 0 Å². The summed E-state index contributed by atoms with van der Waals surface area (Å²) in [6.45, 7) is 3.33. The van der Waals surface area contributed by atoms with Crippen molar-refractivity contribution in [3.8, 4) is 0 Å². The van der Waals surface area contributed by atoms with Crippen LogP contribution in [0.25, 0.3) is 0 Å². The average molecular weight is 185 g/mol. The van der Waals surface area contributed by atoms with Crippen molar-refractivity contribution in [2.45, 2.75) is 13.3 Å². The van der Waals surface area contributed by atoms with E-state index in [1.54, 1.807) is 6.92 Å². The Morgan fingerprint density at radius 3 is 3.00 bits per heavy atom. The Morgan fingerprint density at radius 1 is 1.69 bits per heavy atom. The van der Waals surface area contributed by atoms with Gasteiger partial charge in [0.05, 0.1) is 6.61 Å². The smallest absolute Gasteiger partial charge is 0.317 e. The van der Waals surface area contributed by atoms with Gasteiger partial charge in [-0.15, -0.1) is 0 Å². The van der Waals surface area contributed by atoms with Gasteiger partial charge in [0.1, 0.15) is 11.7 Å². The molecule has 4 heteroatoms. The van der Waals surface area contributed by atoms with Crippen LogP contribution in [0.15, 0.2) is 0 Å². The SMILES string of the molecule is CCOC(=O)[C@H]1CN(C)CCC1=O. The maximum absolute atomic E-state index is 11.3. The standard InChI is InChI=1S/C9H15NO3/c1-3-13-9(12)7-6-10(2)5-4-8(7)11/h7H,3-6H2,1-2H3/t7-/m0/s1. The summed E-state index contributed by atoms with van der Waals surface area (Å²) in [6, 6.07) is 0. The molecule has 13 heavy (non-hydrogen) atoms. The van der Waals surface area contributed by atoms with Crippen LogP contribution in [-0.2, 0) is 14.3 Å². The Hall–Kier alpha value is -0.900. The molecule has 1 heterocycles. The highest BCUT2D eigenvalue weighted by Crippen LogP contribution is 2.12. The highest BCUT2D eigenvalue weighted by molar-refractivity contribution is 5.99. The van der Waals surface area contributed by atoms with Gasteiger partial charge in [0, 0.05) is 19.5 Å². The van der Waals surface area contributed by atoms with Gasteiger partial charge in [0.2, 0.25) is 0 Å². The third kappa shape index (κ3) is 2.52. The van der Waals surface area contributed by atoms with E-state index in [9.17, 15) is 9.59 Å². The van der Waals surface area contributed by atoms with Crippen molar-refractivity contribution in [1.82, 2.24) is 4.90 Å². The van der Waals surface area contributed by atoms with Crippen LogP contribution in [0.3, 0.4) is 0 Å². The predicted octanol–water partition coefficient (Wildman–Crippen LogP) is 0.0703. The van der Waals surface area contributed by atoms with Crippen LogP contribution in [0.5, 0.6) is 0 Å². The van der Waals surface area contributed by atoms with Gasteiger partial charge in [0.15, 0.2) is 0 Å². The van der Waals surface area contributed by atoms with E-state index in [1.165, 1.54) is 0 Å². The summed E-state index contributed by atoms with van der Waals surface area (Å²) >= 11 is 0. The van der Waals surface area contributed by atoms with E-state index < -0.39 is 5.92 Å². The molecule has 1 aliphatic heterocycles. The fourth-order valence-corrected chi connectivity index (χ4v) is 1.43. The molecule has 1 atom stereocenters. The summed E-state index contributed by atoms with van der Waals surface area (Å²) in [6.07, 6.45) is 0.458. The summed E-state index contributed by atoms with van der Waals surface area (Å²) in [7, 11) is 1.90. The zero-order valence-electron chi connectivity index (χ0n) is 8.08. The van der Waals surface area contributed by atoms with E-state index in [0.29, 0.717) is 19.6 Å². The normalized spacial score (nSPS) is 24.5. The van der Waals surface area contributed by atoms with Crippen molar-refractivity contribution in [1.29, 1.82) is 0 Å². The molecule has 4 nitrogen and oxygen atoms in total. The maximum Gasteiger partial charge on any atom is 0.317 e. The lowest BCUT2D eigenvalue weighted by atomic mass is 9.97. The number of nitrogens with zero attached hydrogens (tertiary/aromatic N) is 1. The topological polar surface area (TPSA) is 46.6 Å². The third-order valence-electron chi connectivity index (χ3n) is 2.19. The van der Waals surface area contributed by atoms with Gasteiger partial charge in [0.25, 0.3) is 0 Å². The molecule has 0 spiro atoms. The fraction of sp³-hybridized carbons (Fsp3) is 0.778. The predicted molar refractivity (Wildman–Crippen MR) is 47.2 cm³/mol. The minimum absolute atomic E-state index is 0.0107. The molecule has 0 bridgehead atoms. The molecule has 0 aromatic rings. The number of hydrogen-bond donors (Lipinski definition) is 0. The molecular formula is C9H15NO3. The lowest BCUT2D eigenvalue weighted by molar-refractivity contribution is -0.153. The van der Waals surface area contributed by atoms with Crippen molar-refractivity contribution < 1.29 is 14.3 Å². The lowest BCUT2D eigenvalue weighted by Crippen LogP contribution is -2.42. The number of carbonyl (C=O) groups is 2. The molecule has 0 unspecified atom stereocenters. The number of rotatable bonds is 2. The van der Waals surface area contributed by atoms with Crippen LogP contribution in [0, 0.1) is 5.92 Å². The Bertz CT molecular complexity index is 215. The van der Waals surface area contributed by atoms with Crippen LogP contribution in [0.2, 0.25) is 0 Å². The molecule has 0 N–H and O–H groups in total. The summed E-state index contributed by atoms with van der Waals surface area (Å²) in [5.74, 6) is -0.922. The zero-order valence-corrected chi connectivity index (χ0v) is 8.08. The Labute approximate surface area is 77.8 Å². The van der Waals surface area contributed by atoms with E-state index in [0.717, 1.165) is 6.54 Å². The molecule has 74 valence electrons. The molecule has 0 radical (unpaired) electrons. The summed E-state index contributed by atoms with van der Waals surface area (Å²) in [5.41, 5.74) is 0. The van der Waals surface area contributed by atoms with E-state index in [4.69, 9.17) is 4.74 Å². The van der Waals surface area contributed by atoms with Gasteiger partial charge in [-0.1, -0.05) is 0 Å². The first kappa shape index (κ1) is 10.2. The quantitative estimate of drug-likeness (QED) is 0.451. The molecule has 0 aromatic carbocycles. The number of carbonyl (C=O) groups excluding carboxylic acids is 2. The molecule has 0 saturated carbocycles. The maximum atomic E-state index is 11.3. The summed E-state index contributed by atoms with van der Waals surface area (Å²) in [5, 5.41) is 0. The molecule has 1 rings (SSSR count). The van der Waals surface area contributed by atoms with Crippen LogP contribution in [0.1, 0.15) is 13.3 Å². The van der Waals surface area contributed by atoms with E-state index >= 15 is 0 Å². The molecule has 1 fully saturated rings. The highest BCUT2D eigenvalue weighted by Gasteiger charge is 2.32. The number of Topliss-reactive ketones (excluding diaryl/α,β-unsaturated/α-hetero) is 1. The van der Waals surface area contributed by atoms with Crippen LogP contribution in [-0.4, -0.2) is 43.4 Å². The number of ether oxygens (including phenoxy) is 1. The van der Waals surface area contributed by atoms with Crippen molar-refractivity contribution in [3.63, 3.8) is 0 Å². The van der Waals surface area contributed by atoms with Gasteiger partial charge < -0.3 is 9.64 Å². The second-order valence-corrected chi connectivity index (χ2v) is 3.28. The minimum Gasteiger partial charge on any atom is -0.465 e. The lowest BCUT2D eigenvalue weighted by Gasteiger charge is -2.26. The Balaban J connectivity index is 2.55. The molecular weight excluding hydrogens is 170 g/mol. The van der Waals surface area contributed by atoms with Crippen molar-refractivity contribution >= 4 is 11.8 Å². The fourth-order valence-electron chi connectivity index (χ4n) is 1.43. The zero-order chi connectivity index (χ0) is 9.84. The van der Waals surface area contributed by atoms with Crippen LogP contribution < -0.4 is 0 Å². The third-order valence-corrected chi connectivity index (χ3v) is 2.19. The largest absolute Gasteiger partial charge is 0.465 e. The summed E-state index contributed by atoms with van der Waals surface area (Å²) < 4.78 is 4.81. The molecule has 1 aliphatic rings. The minimum atomic E-state index is -0.557. The van der Waals surface area contributed by atoms with Gasteiger partial charge in [-0.3, -0.25) is 9.59 Å². The monoisotopic (exact) mass is 185 g/mol. The van der Waals surface area contributed by atoms with Gasteiger partial charge in [-0.05, 0) is 14.0 Å². The first-order chi connectivity index (χ1) is 6.15. The van der Waals surface area contributed by atoms with Crippen LogP contribution in [0.4, 0.5) is 0 Å². The first-order valence-corrected chi connectivity index (χ1v) is 4.53. The number of hydrogen-bond acceptors (Lipinski definition) is 4. The molecule has 0 aromatic heterocycles. The Kier molecular flexibility index (Phi) is 3.42. The second kappa shape index (κ2) is 4.37. The van der Waals surface area contributed by atoms with E-state index in [-0.39, 0.29) is 11.8 Å². The van der Waals surface area contributed by atoms with Gasteiger partial charge >= 0.3 is 5.97 Å². The van der Waals surface area contributed by atoms with Crippen LogP contribution >= 0.6 is 0 Å². The summed E-state index contributed by atoms with van der Waals surface area (Å²) in [4.78, 5) is 24.6. The number of likely N-dealkylation sites (tertiary alicyclic amines) is 1. The average Bonchev–Trinajstić information content (AvgIpc) is 2.09. The van der Waals surface area contributed by atoms with Crippen molar-refractivity contribution in [2.24, 2.45) is 5.92 Å². The van der Waals surface area contributed by atoms with Crippen molar-refractivity contribution in [2.75, 3.05) is 26.7 Å². The molecule has 0 amide bonds. The number of esters is 1. The van der Waals surface area contributed by atoms with Gasteiger partial charge in [-0.2, -0.15) is 0 Å². The molecule has 0 aliphatic carbocycles. The Morgan fingerprint density at radius 2 is 2.38 bits per heavy atom. The second-order valence-electron chi connectivity index (χ2n) is 3.28. The van der Waals surface area contributed by atoms with E-state index in [1.807, 2.05) is 11.9 Å². The number of ketones is 1. The highest BCUT2D eigenvalue weighted by atomic mass is 16.5. The van der Waals surface area contributed by atoms with Gasteiger partial charge in [-0.25, -0.2) is 0 Å².